The van der Waals surface area contributed by atoms with Gasteiger partial charge in [0.25, 0.3) is 0 Å². The van der Waals surface area contributed by atoms with Gasteiger partial charge in [-0.25, -0.2) is 0 Å². The standard InChI is InChI=1S/C17H16BrNO/c18-12-11-15-16(13-7-3-1-4-8-13)19(17(15)20)14-9-5-2-6-10-14/h1-10,15-16H,11-12H2. The molecule has 0 saturated carbocycles. The predicted molar refractivity (Wildman–Crippen MR) is 85.0 cm³/mol. The van der Waals surface area contributed by atoms with Crippen molar-refractivity contribution in [3.8, 4) is 0 Å². The Morgan fingerprint density at radius 1 is 0.950 bits per heavy atom. The molecule has 1 amide bonds. The number of carbonyl (C=O) groups is 1. The highest BCUT2D eigenvalue weighted by molar-refractivity contribution is 9.09. The van der Waals surface area contributed by atoms with Crippen molar-refractivity contribution in [2.24, 2.45) is 5.92 Å². The first-order chi connectivity index (χ1) is 9.83. The van der Waals surface area contributed by atoms with Gasteiger partial charge < -0.3 is 4.90 Å². The van der Waals surface area contributed by atoms with Gasteiger partial charge in [0.05, 0.1) is 12.0 Å². The summed E-state index contributed by atoms with van der Waals surface area (Å²) in [5.74, 6) is 0.307. The number of para-hydroxylation sites is 1. The maximum Gasteiger partial charge on any atom is 0.233 e. The normalized spacial score (nSPS) is 21.6. The Morgan fingerprint density at radius 3 is 2.15 bits per heavy atom. The fourth-order valence-corrected chi connectivity index (χ4v) is 3.35. The van der Waals surface area contributed by atoms with Gasteiger partial charge in [0.1, 0.15) is 0 Å². The van der Waals surface area contributed by atoms with Crippen molar-refractivity contribution in [3.63, 3.8) is 0 Å². The van der Waals surface area contributed by atoms with E-state index in [9.17, 15) is 4.79 Å². The molecule has 1 aliphatic heterocycles. The first kappa shape index (κ1) is 13.4. The molecule has 0 spiro atoms. The largest absolute Gasteiger partial charge is 0.304 e. The topological polar surface area (TPSA) is 20.3 Å². The summed E-state index contributed by atoms with van der Waals surface area (Å²) >= 11 is 3.46. The molecule has 1 saturated heterocycles. The molecule has 0 radical (unpaired) electrons. The zero-order valence-corrected chi connectivity index (χ0v) is 12.7. The van der Waals surface area contributed by atoms with E-state index in [1.165, 1.54) is 5.56 Å². The molecule has 0 aromatic heterocycles. The van der Waals surface area contributed by atoms with Crippen molar-refractivity contribution in [1.29, 1.82) is 0 Å². The third kappa shape index (κ3) is 2.27. The van der Waals surface area contributed by atoms with Crippen LogP contribution in [-0.4, -0.2) is 11.2 Å². The molecule has 1 fully saturated rings. The van der Waals surface area contributed by atoms with Gasteiger partial charge in [-0.15, -0.1) is 0 Å². The number of β-lactam (4-membered cyclic amide) rings is 1. The van der Waals surface area contributed by atoms with Gasteiger partial charge in [0.2, 0.25) is 5.91 Å². The molecule has 3 rings (SSSR count). The van der Waals surface area contributed by atoms with Crippen molar-refractivity contribution < 1.29 is 4.79 Å². The molecule has 2 atom stereocenters. The number of halogens is 1. The van der Waals surface area contributed by atoms with Crippen LogP contribution in [0.5, 0.6) is 0 Å². The van der Waals surface area contributed by atoms with E-state index in [1.807, 2.05) is 53.4 Å². The molecular formula is C17H16BrNO. The highest BCUT2D eigenvalue weighted by atomic mass is 79.9. The van der Waals surface area contributed by atoms with Gasteiger partial charge in [0.15, 0.2) is 0 Å². The van der Waals surface area contributed by atoms with Crippen LogP contribution in [0.25, 0.3) is 0 Å². The number of hydrogen-bond donors (Lipinski definition) is 0. The van der Waals surface area contributed by atoms with E-state index in [0.717, 1.165) is 17.4 Å². The summed E-state index contributed by atoms with van der Waals surface area (Å²) in [5, 5.41) is 0.857. The van der Waals surface area contributed by atoms with Crippen LogP contribution in [-0.2, 0) is 4.79 Å². The van der Waals surface area contributed by atoms with E-state index in [0.29, 0.717) is 0 Å². The van der Waals surface area contributed by atoms with Gasteiger partial charge in [-0.3, -0.25) is 4.79 Å². The minimum atomic E-state index is 0.0805. The maximum atomic E-state index is 12.4. The average Bonchev–Trinajstić information content (AvgIpc) is 2.51. The number of anilines is 1. The van der Waals surface area contributed by atoms with Crippen LogP contribution >= 0.6 is 15.9 Å². The number of benzene rings is 2. The summed E-state index contributed by atoms with van der Waals surface area (Å²) in [5.41, 5.74) is 2.19. The first-order valence-corrected chi connectivity index (χ1v) is 7.94. The molecule has 2 nitrogen and oxygen atoms in total. The minimum absolute atomic E-state index is 0.0805. The zero-order valence-electron chi connectivity index (χ0n) is 11.1. The summed E-state index contributed by atoms with van der Waals surface area (Å²) in [6.45, 7) is 0. The molecule has 2 aromatic carbocycles. The number of nitrogens with zero attached hydrogens (tertiary/aromatic N) is 1. The molecule has 3 heteroatoms. The third-order valence-electron chi connectivity index (χ3n) is 3.81. The maximum absolute atomic E-state index is 12.4. The van der Waals surface area contributed by atoms with Crippen LogP contribution in [0.4, 0.5) is 5.69 Å². The van der Waals surface area contributed by atoms with E-state index in [-0.39, 0.29) is 17.9 Å². The van der Waals surface area contributed by atoms with Gasteiger partial charge in [-0.2, -0.15) is 0 Å². The molecular weight excluding hydrogens is 314 g/mol. The molecule has 0 aliphatic carbocycles. The van der Waals surface area contributed by atoms with Crippen molar-refractivity contribution in [2.75, 3.05) is 10.2 Å². The van der Waals surface area contributed by atoms with E-state index in [1.54, 1.807) is 0 Å². The van der Waals surface area contributed by atoms with E-state index >= 15 is 0 Å². The smallest absolute Gasteiger partial charge is 0.233 e. The molecule has 0 bridgehead atoms. The Morgan fingerprint density at radius 2 is 1.55 bits per heavy atom. The second kappa shape index (κ2) is 5.80. The number of hydrogen-bond acceptors (Lipinski definition) is 1. The Balaban J connectivity index is 1.95. The number of rotatable bonds is 4. The second-order valence-corrected chi connectivity index (χ2v) is 5.78. The number of amides is 1. The van der Waals surface area contributed by atoms with Crippen LogP contribution in [0, 0.1) is 5.92 Å². The molecule has 2 aromatic rings. The fraction of sp³-hybridized carbons (Fsp3) is 0.235. The second-order valence-electron chi connectivity index (χ2n) is 4.98. The molecule has 102 valence electrons. The summed E-state index contributed by atoms with van der Waals surface area (Å²) in [7, 11) is 0. The molecule has 20 heavy (non-hydrogen) atoms. The predicted octanol–water partition coefficient (Wildman–Crippen LogP) is 4.18. The third-order valence-corrected chi connectivity index (χ3v) is 4.27. The highest BCUT2D eigenvalue weighted by Gasteiger charge is 2.47. The summed E-state index contributed by atoms with van der Waals surface area (Å²) in [6.07, 6.45) is 0.877. The van der Waals surface area contributed by atoms with Crippen LogP contribution in [0.3, 0.4) is 0 Å². The van der Waals surface area contributed by atoms with Crippen molar-refractivity contribution in [2.45, 2.75) is 12.5 Å². The van der Waals surface area contributed by atoms with E-state index < -0.39 is 0 Å². The molecule has 1 aliphatic rings. The van der Waals surface area contributed by atoms with Gasteiger partial charge in [-0.05, 0) is 24.1 Å². The average molecular weight is 330 g/mol. The van der Waals surface area contributed by atoms with Crippen molar-refractivity contribution in [3.05, 3.63) is 66.2 Å². The highest BCUT2D eigenvalue weighted by Crippen LogP contribution is 2.44. The Bertz CT molecular complexity index is 584. The van der Waals surface area contributed by atoms with E-state index in [4.69, 9.17) is 0 Å². The monoisotopic (exact) mass is 329 g/mol. The van der Waals surface area contributed by atoms with Gasteiger partial charge in [0, 0.05) is 11.0 Å². The Hall–Kier alpha value is -1.61. The van der Waals surface area contributed by atoms with Crippen LogP contribution in [0.2, 0.25) is 0 Å². The number of alkyl halides is 1. The van der Waals surface area contributed by atoms with Crippen LogP contribution in [0.15, 0.2) is 60.7 Å². The lowest BCUT2D eigenvalue weighted by molar-refractivity contribution is -0.130. The molecule has 1 heterocycles. The summed E-state index contributed by atoms with van der Waals surface area (Å²) in [4.78, 5) is 14.4. The fourth-order valence-electron chi connectivity index (χ4n) is 2.86. The lowest BCUT2D eigenvalue weighted by atomic mass is 9.80. The number of carbonyl (C=O) groups excluding carboxylic acids is 1. The molecule has 2 unspecified atom stereocenters. The quantitative estimate of drug-likeness (QED) is 0.608. The van der Waals surface area contributed by atoms with E-state index in [2.05, 4.69) is 28.1 Å². The van der Waals surface area contributed by atoms with Crippen molar-refractivity contribution in [1.82, 2.24) is 0 Å². The van der Waals surface area contributed by atoms with Gasteiger partial charge in [-0.1, -0.05) is 64.5 Å². The molecule has 0 N–H and O–H groups in total. The van der Waals surface area contributed by atoms with Gasteiger partial charge >= 0.3 is 0 Å². The summed E-state index contributed by atoms with van der Waals surface area (Å²) in [6, 6.07) is 20.4. The lowest BCUT2D eigenvalue weighted by Crippen LogP contribution is -2.55. The van der Waals surface area contributed by atoms with Crippen LogP contribution < -0.4 is 4.90 Å². The minimum Gasteiger partial charge on any atom is -0.304 e. The zero-order chi connectivity index (χ0) is 13.9. The SMILES string of the molecule is O=C1C(CCBr)C(c2ccccc2)N1c1ccccc1. The lowest BCUT2D eigenvalue weighted by Gasteiger charge is -2.47. The Labute approximate surface area is 127 Å². The first-order valence-electron chi connectivity index (χ1n) is 6.82. The summed E-state index contributed by atoms with van der Waals surface area (Å²) < 4.78 is 0. The Kier molecular flexibility index (Phi) is 3.88. The van der Waals surface area contributed by atoms with Crippen molar-refractivity contribution >= 4 is 27.5 Å². The van der Waals surface area contributed by atoms with Crippen LogP contribution in [0.1, 0.15) is 18.0 Å².